The average Bonchev–Trinajstić information content (AvgIpc) is 3.29. The van der Waals surface area contributed by atoms with Crippen LogP contribution in [0.2, 0.25) is 5.02 Å². The van der Waals surface area contributed by atoms with Crippen molar-refractivity contribution < 1.29 is 14.3 Å². The monoisotopic (exact) mass is 456 g/mol. The summed E-state index contributed by atoms with van der Waals surface area (Å²) in [7, 11) is 0. The third-order valence-corrected chi connectivity index (χ3v) is 6.07. The van der Waals surface area contributed by atoms with Crippen LogP contribution in [0.5, 0.6) is 0 Å². The highest BCUT2D eigenvalue weighted by Crippen LogP contribution is 2.26. The molecule has 4 rings (SSSR count). The number of aromatic nitrogens is 2. The molecular weight excluding hydrogens is 436 g/mol. The van der Waals surface area contributed by atoms with Gasteiger partial charge in [0.2, 0.25) is 0 Å². The van der Waals surface area contributed by atoms with Crippen molar-refractivity contribution in [3.8, 4) is 10.6 Å². The number of amides is 1. The van der Waals surface area contributed by atoms with Crippen molar-refractivity contribution in [2.45, 2.75) is 6.92 Å². The summed E-state index contributed by atoms with van der Waals surface area (Å²) in [6.07, 6.45) is 1.53. The van der Waals surface area contributed by atoms with E-state index in [-0.39, 0.29) is 11.9 Å². The van der Waals surface area contributed by atoms with Gasteiger partial charge in [-0.2, -0.15) is 0 Å². The molecule has 160 valence electrons. The van der Waals surface area contributed by atoms with E-state index in [1.54, 1.807) is 29.3 Å². The highest BCUT2D eigenvalue weighted by Gasteiger charge is 2.25. The summed E-state index contributed by atoms with van der Waals surface area (Å²) in [5, 5.41) is 3.21. The first-order valence-electron chi connectivity index (χ1n) is 9.94. The highest BCUT2D eigenvalue weighted by molar-refractivity contribution is 7.13. The second kappa shape index (κ2) is 9.45. The number of carbonyl (C=O) groups excluding carboxylic acids is 2. The van der Waals surface area contributed by atoms with Crippen molar-refractivity contribution in [2.24, 2.45) is 0 Å². The summed E-state index contributed by atoms with van der Waals surface area (Å²) in [4.78, 5) is 37.4. The highest BCUT2D eigenvalue weighted by atomic mass is 35.5. The fraction of sp³-hybridized carbons (Fsp3) is 0.273. The minimum atomic E-state index is -0.377. The number of benzene rings is 1. The third-order valence-electron chi connectivity index (χ3n) is 4.94. The van der Waals surface area contributed by atoms with E-state index in [9.17, 15) is 9.59 Å². The van der Waals surface area contributed by atoms with Crippen LogP contribution in [0.4, 0.5) is 5.82 Å². The molecule has 0 aliphatic carbocycles. The van der Waals surface area contributed by atoms with E-state index in [1.165, 1.54) is 17.5 Å². The number of hydrogen-bond donors (Lipinski definition) is 0. The second-order valence-electron chi connectivity index (χ2n) is 6.95. The molecule has 0 spiro atoms. The lowest BCUT2D eigenvalue weighted by atomic mass is 10.2. The Balaban J connectivity index is 1.36. The van der Waals surface area contributed by atoms with Crippen LogP contribution in [-0.4, -0.2) is 59.5 Å². The number of hydrogen-bond acceptors (Lipinski definition) is 7. The molecule has 1 aromatic carbocycles. The molecule has 3 aromatic rings. The van der Waals surface area contributed by atoms with E-state index in [1.807, 2.05) is 24.3 Å². The van der Waals surface area contributed by atoms with E-state index < -0.39 is 0 Å². The van der Waals surface area contributed by atoms with Gasteiger partial charge in [-0.1, -0.05) is 23.7 Å². The topological polar surface area (TPSA) is 75.6 Å². The molecule has 1 aliphatic rings. The lowest BCUT2D eigenvalue weighted by molar-refractivity contribution is 0.0525. The lowest BCUT2D eigenvalue weighted by Crippen LogP contribution is -2.49. The van der Waals surface area contributed by atoms with E-state index in [0.29, 0.717) is 49.1 Å². The van der Waals surface area contributed by atoms with E-state index in [4.69, 9.17) is 16.3 Å². The molecule has 2 aromatic heterocycles. The number of ether oxygens (including phenoxy) is 1. The molecule has 0 saturated carbocycles. The van der Waals surface area contributed by atoms with Crippen molar-refractivity contribution >= 4 is 40.6 Å². The summed E-state index contributed by atoms with van der Waals surface area (Å²) in [5.74, 6) is 0.323. The molecular formula is C22H21ClN4O3S. The molecule has 7 nitrogen and oxygen atoms in total. The van der Waals surface area contributed by atoms with Gasteiger partial charge in [-0.3, -0.25) is 4.79 Å². The number of pyridine rings is 1. The minimum Gasteiger partial charge on any atom is -0.462 e. The number of anilines is 1. The van der Waals surface area contributed by atoms with Gasteiger partial charge in [0, 0.05) is 48.3 Å². The van der Waals surface area contributed by atoms with Crippen LogP contribution < -0.4 is 4.90 Å². The molecule has 9 heteroatoms. The predicted molar refractivity (Wildman–Crippen MR) is 121 cm³/mol. The van der Waals surface area contributed by atoms with E-state index in [2.05, 4.69) is 14.9 Å². The van der Waals surface area contributed by atoms with Crippen molar-refractivity contribution in [3.05, 3.63) is 64.3 Å². The fourth-order valence-electron chi connectivity index (χ4n) is 3.33. The van der Waals surface area contributed by atoms with Crippen molar-refractivity contribution in [1.82, 2.24) is 14.9 Å². The van der Waals surface area contributed by atoms with Crippen molar-refractivity contribution in [3.63, 3.8) is 0 Å². The first-order valence-corrected chi connectivity index (χ1v) is 11.2. The molecule has 0 radical (unpaired) electrons. The smallest absolute Gasteiger partial charge is 0.339 e. The first-order chi connectivity index (χ1) is 15.0. The van der Waals surface area contributed by atoms with Gasteiger partial charge in [-0.15, -0.1) is 11.3 Å². The molecule has 1 fully saturated rings. The van der Waals surface area contributed by atoms with Gasteiger partial charge in [0.15, 0.2) is 0 Å². The summed E-state index contributed by atoms with van der Waals surface area (Å²) in [5.41, 5.74) is 1.78. The fourth-order valence-corrected chi connectivity index (χ4v) is 4.32. The Labute approximate surface area is 189 Å². The normalized spacial score (nSPS) is 13.9. The van der Waals surface area contributed by atoms with Crippen molar-refractivity contribution in [1.29, 1.82) is 0 Å². The van der Waals surface area contributed by atoms with Crippen LogP contribution in [0.1, 0.15) is 27.8 Å². The summed E-state index contributed by atoms with van der Waals surface area (Å²) in [6.45, 7) is 4.56. The molecule has 0 atom stereocenters. The number of halogens is 1. The zero-order chi connectivity index (χ0) is 21.8. The van der Waals surface area contributed by atoms with Gasteiger partial charge >= 0.3 is 5.97 Å². The summed E-state index contributed by atoms with van der Waals surface area (Å²) in [6, 6.07) is 11.0. The van der Waals surface area contributed by atoms with E-state index in [0.717, 1.165) is 16.4 Å². The number of nitrogens with zero attached hydrogens (tertiary/aromatic N) is 4. The molecule has 0 bridgehead atoms. The zero-order valence-corrected chi connectivity index (χ0v) is 18.5. The Morgan fingerprint density at radius 2 is 1.97 bits per heavy atom. The molecule has 0 unspecified atom stereocenters. The van der Waals surface area contributed by atoms with Crippen LogP contribution in [0.3, 0.4) is 0 Å². The second-order valence-corrected chi connectivity index (χ2v) is 8.25. The molecule has 1 aliphatic heterocycles. The maximum absolute atomic E-state index is 12.9. The summed E-state index contributed by atoms with van der Waals surface area (Å²) < 4.78 is 4.98. The lowest BCUT2D eigenvalue weighted by Gasteiger charge is -2.35. The standard InChI is InChI=1S/C22H21ClN4O3S/c1-2-30-22(29)16-6-7-19(24-13-16)26-8-10-27(11-9-26)21(28)18-14-31-20(25-18)15-4-3-5-17(23)12-15/h3-7,12-14H,2,8-11H2,1H3. The van der Waals surface area contributed by atoms with Crippen LogP contribution in [0.25, 0.3) is 10.6 Å². The third kappa shape index (κ3) is 4.86. The Morgan fingerprint density at radius 3 is 2.65 bits per heavy atom. The Hall–Kier alpha value is -2.97. The first kappa shape index (κ1) is 21.3. The summed E-state index contributed by atoms with van der Waals surface area (Å²) >= 11 is 7.49. The predicted octanol–water partition coefficient (Wildman–Crippen LogP) is 4.00. The van der Waals surface area contributed by atoms with Crippen molar-refractivity contribution in [2.75, 3.05) is 37.7 Å². The van der Waals surface area contributed by atoms with Crippen LogP contribution >= 0.6 is 22.9 Å². The number of thiazole rings is 1. The molecule has 31 heavy (non-hydrogen) atoms. The maximum atomic E-state index is 12.9. The van der Waals surface area contributed by atoms with Gasteiger partial charge < -0.3 is 14.5 Å². The van der Waals surface area contributed by atoms with Crippen LogP contribution in [-0.2, 0) is 4.74 Å². The number of piperazine rings is 1. The Bertz CT molecular complexity index is 1080. The zero-order valence-electron chi connectivity index (χ0n) is 17.0. The average molecular weight is 457 g/mol. The largest absolute Gasteiger partial charge is 0.462 e. The minimum absolute atomic E-state index is 0.0743. The Kier molecular flexibility index (Phi) is 6.48. The molecule has 1 saturated heterocycles. The van der Waals surface area contributed by atoms with Crippen LogP contribution in [0.15, 0.2) is 48.0 Å². The van der Waals surface area contributed by atoms with Gasteiger partial charge in [0.1, 0.15) is 16.5 Å². The number of esters is 1. The van der Waals surface area contributed by atoms with Gasteiger partial charge in [-0.25, -0.2) is 14.8 Å². The number of rotatable bonds is 5. The molecule has 1 amide bonds. The molecule has 0 N–H and O–H groups in total. The van der Waals surface area contributed by atoms with Gasteiger partial charge in [-0.05, 0) is 31.2 Å². The maximum Gasteiger partial charge on any atom is 0.339 e. The number of carbonyl (C=O) groups is 2. The Morgan fingerprint density at radius 1 is 1.16 bits per heavy atom. The SMILES string of the molecule is CCOC(=O)c1ccc(N2CCN(C(=O)c3csc(-c4cccc(Cl)c4)n3)CC2)nc1. The van der Waals surface area contributed by atoms with Gasteiger partial charge in [0.05, 0.1) is 12.2 Å². The molecule has 3 heterocycles. The van der Waals surface area contributed by atoms with E-state index >= 15 is 0 Å². The quantitative estimate of drug-likeness (QED) is 0.540. The van der Waals surface area contributed by atoms with Crippen LogP contribution in [0, 0.1) is 0 Å². The van der Waals surface area contributed by atoms with Gasteiger partial charge in [0.25, 0.3) is 5.91 Å².